The summed E-state index contributed by atoms with van der Waals surface area (Å²) >= 11 is 0. The van der Waals surface area contributed by atoms with Crippen LogP contribution in [0.25, 0.3) is 0 Å². The highest BCUT2D eigenvalue weighted by Gasteiger charge is 2.11. The number of aryl methyl sites for hydroxylation is 1. The summed E-state index contributed by atoms with van der Waals surface area (Å²) < 4.78 is 20.9. The predicted octanol–water partition coefficient (Wildman–Crippen LogP) is 2.96. The molecule has 0 radical (unpaired) electrons. The Hall–Kier alpha value is -3.49. The van der Waals surface area contributed by atoms with Gasteiger partial charge in [-0.15, -0.1) is 0 Å². The Morgan fingerprint density at radius 3 is 2.92 bits per heavy atom. The van der Waals surface area contributed by atoms with E-state index >= 15 is 0 Å². The fourth-order valence-electron chi connectivity index (χ4n) is 2.39. The molecule has 0 spiro atoms. The molecule has 0 bridgehead atoms. The van der Waals surface area contributed by atoms with E-state index < -0.39 is 0 Å². The van der Waals surface area contributed by atoms with E-state index in [1.807, 2.05) is 0 Å². The molecule has 1 aromatic carbocycles. The Bertz CT molecular complexity index is 931. The number of methoxy groups -OCH3 is 1. The van der Waals surface area contributed by atoms with Crippen molar-refractivity contribution in [2.24, 2.45) is 7.05 Å². The van der Waals surface area contributed by atoms with Crippen LogP contribution < -0.4 is 15.4 Å². The van der Waals surface area contributed by atoms with Crippen LogP contribution in [0.4, 0.5) is 21.8 Å². The predicted molar refractivity (Wildman–Crippen MR) is 98.8 cm³/mol. The van der Waals surface area contributed by atoms with Crippen molar-refractivity contribution in [3.8, 4) is 5.75 Å². The first-order chi connectivity index (χ1) is 12.6. The lowest BCUT2D eigenvalue weighted by atomic mass is 10.2. The zero-order valence-corrected chi connectivity index (χ0v) is 14.3. The molecule has 9 heteroatoms. The molecular formula is C17H20FN7O. The first-order valence-electron chi connectivity index (χ1n) is 7.79. The maximum atomic E-state index is 14.1. The summed E-state index contributed by atoms with van der Waals surface area (Å²) in [5, 5.41) is 17.6. The molecule has 0 saturated carbocycles. The third kappa shape index (κ3) is 3.77. The van der Waals surface area contributed by atoms with Crippen molar-refractivity contribution in [3.63, 3.8) is 0 Å². The lowest BCUT2D eigenvalue weighted by Gasteiger charge is -2.13. The second-order valence-electron chi connectivity index (χ2n) is 5.44. The van der Waals surface area contributed by atoms with Gasteiger partial charge in [0.1, 0.15) is 17.4 Å². The fraction of sp³-hybridized carbons (Fsp3) is 0.176. The molecule has 26 heavy (non-hydrogen) atoms. The molecule has 2 heterocycles. The average molecular weight is 357 g/mol. The average Bonchev–Trinajstić information content (AvgIpc) is 3.05. The van der Waals surface area contributed by atoms with Gasteiger partial charge in [-0.1, -0.05) is 6.07 Å². The van der Waals surface area contributed by atoms with Crippen LogP contribution in [0.3, 0.4) is 0 Å². The second kappa shape index (κ2) is 7.60. The quantitative estimate of drug-likeness (QED) is 0.562. The Morgan fingerprint density at radius 1 is 1.38 bits per heavy atom. The van der Waals surface area contributed by atoms with Gasteiger partial charge in [-0.05, 0) is 12.1 Å². The van der Waals surface area contributed by atoms with Crippen LogP contribution in [0.2, 0.25) is 0 Å². The molecule has 3 N–H and O–H groups in total. The molecule has 0 aliphatic carbocycles. The highest BCUT2D eigenvalue weighted by atomic mass is 19.1. The number of hydrogen-bond acceptors (Lipinski definition) is 7. The van der Waals surface area contributed by atoms with Crippen molar-refractivity contribution in [2.45, 2.75) is 6.54 Å². The van der Waals surface area contributed by atoms with E-state index in [1.165, 1.54) is 19.4 Å². The summed E-state index contributed by atoms with van der Waals surface area (Å²) in [6, 6.07) is 4.64. The SMILES string of the molecule is COc1cccc(F)c1CNc1nc(Nc2cnn(C)c2)ncc1C=N.[HH]. The number of anilines is 3. The lowest BCUT2D eigenvalue weighted by Crippen LogP contribution is -2.09. The van der Waals surface area contributed by atoms with Crippen LogP contribution >= 0.6 is 0 Å². The number of nitrogens with one attached hydrogen (secondary N) is 3. The summed E-state index contributed by atoms with van der Waals surface area (Å²) in [6.45, 7) is 0.153. The third-order valence-electron chi connectivity index (χ3n) is 3.66. The van der Waals surface area contributed by atoms with E-state index in [0.29, 0.717) is 28.6 Å². The first-order valence-corrected chi connectivity index (χ1v) is 7.79. The minimum Gasteiger partial charge on any atom is -0.496 e. The lowest BCUT2D eigenvalue weighted by molar-refractivity contribution is 0.405. The number of benzene rings is 1. The highest BCUT2D eigenvalue weighted by Crippen LogP contribution is 2.23. The Kier molecular flexibility index (Phi) is 5.07. The van der Waals surface area contributed by atoms with E-state index in [0.717, 1.165) is 11.9 Å². The summed E-state index contributed by atoms with van der Waals surface area (Å²) in [5.41, 5.74) is 1.60. The maximum Gasteiger partial charge on any atom is 0.229 e. The topological polar surface area (TPSA) is 101 Å². The molecule has 8 nitrogen and oxygen atoms in total. The molecule has 0 aliphatic rings. The summed E-state index contributed by atoms with van der Waals surface area (Å²) in [7, 11) is 3.29. The zero-order chi connectivity index (χ0) is 18.5. The van der Waals surface area contributed by atoms with Crippen LogP contribution in [0.15, 0.2) is 36.8 Å². The van der Waals surface area contributed by atoms with Gasteiger partial charge in [0.15, 0.2) is 0 Å². The van der Waals surface area contributed by atoms with E-state index in [-0.39, 0.29) is 13.8 Å². The number of ether oxygens (including phenoxy) is 1. The highest BCUT2D eigenvalue weighted by molar-refractivity contribution is 5.84. The van der Waals surface area contributed by atoms with Gasteiger partial charge in [0, 0.05) is 39.2 Å². The van der Waals surface area contributed by atoms with Crippen molar-refractivity contribution in [1.82, 2.24) is 19.7 Å². The van der Waals surface area contributed by atoms with Crippen LogP contribution in [0.5, 0.6) is 5.75 Å². The minimum atomic E-state index is -0.379. The van der Waals surface area contributed by atoms with Crippen molar-refractivity contribution in [1.29, 1.82) is 5.41 Å². The summed E-state index contributed by atoms with van der Waals surface area (Å²) in [4.78, 5) is 8.54. The zero-order valence-electron chi connectivity index (χ0n) is 14.3. The Labute approximate surface area is 151 Å². The van der Waals surface area contributed by atoms with Crippen molar-refractivity contribution in [3.05, 3.63) is 53.7 Å². The molecule has 136 valence electrons. The third-order valence-corrected chi connectivity index (χ3v) is 3.66. The van der Waals surface area contributed by atoms with Gasteiger partial charge in [0.25, 0.3) is 0 Å². The van der Waals surface area contributed by atoms with Crippen LogP contribution in [0, 0.1) is 11.2 Å². The van der Waals surface area contributed by atoms with Crippen molar-refractivity contribution < 1.29 is 10.6 Å². The molecule has 0 saturated heterocycles. The molecule has 0 unspecified atom stereocenters. The number of hydrogen-bond donors (Lipinski definition) is 3. The number of halogens is 1. The molecule has 0 amide bonds. The van der Waals surface area contributed by atoms with Crippen LogP contribution in [0.1, 0.15) is 12.6 Å². The molecule has 3 rings (SSSR count). The summed E-state index contributed by atoms with van der Waals surface area (Å²) in [6.07, 6.45) is 6.07. The van der Waals surface area contributed by atoms with Gasteiger partial charge < -0.3 is 20.8 Å². The molecule has 0 fully saturated rings. The largest absolute Gasteiger partial charge is 0.496 e. The van der Waals surface area contributed by atoms with E-state index in [2.05, 4.69) is 25.7 Å². The Balaban J connectivity index is 0.00000261. The van der Waals surface area contributed by atoms with Crippen molar-refractivity contribution >= 4 is 23.7 Å². The van der Waals surface area contributed by atoms with E-state index in [1.54, 1.807) is 36.3 Å². The second-order valence-corrected chi connectivity index (χ2v) is 5.44. The van der Waals surface area contributed by atoms with E-state index in [4.69, 9.17) is 10.1 Å². The molecule has 2 aromatic heterocycles. The standard InChI is InChI=1S/C17H18FN7O.H2/c1-25-10-12(8-22-25)23-17-21-7-11(6-19)16(24-17)20-9-13-14(18)4-3-5-15(13)26-2;/h3-8,10,19H,9H2,1-2H3,(H2,20,21,23,24);1H. The summed E-state index contributed by atoms with van der Waals surface area (Å²) in [5.74, 6) is 0.811. The molecule has 3 aromatic rings. The van der Waals surface area contributed by atoms with Crippen LogP contribution in [-0.2, 0) is 13.6 Å². The number of aromatic nitrogens is 4. The van der Waals surface area contributed by atoms with Gasteiger partial charge >= 0.3 is 0 Å². The minimum absolute atomic E-state index is 0. The molecule has 0 atom stereocenters. The maximum absolute atomic E-state index is 14.1. The first kappa shape index (κ1) is 17.3. The van der Waals surface area contributed by atoms with Gasteiger partial charge in [0.05, 0.1) is 24.6 Å². The normalized spacial score (nSPS) is 10.4. The van der Waals surface area contributed by atoms with Crippen LogP contribution in [-0.4, -0.2) is 33.1 Å². The Morgan fingerprint density at radius 2 is 2.23 bits per heavy atom. The van der Waals surface area contributed by atoms with Crippen molar-refractivity contribution in [2.75, 3.05) is 17.7 Å². The van der Waals surface area contributed by atoms with Gasteiger partial charge in [0.2, 0.25) is 5.95 Å². The van der Waals surface area contributed by atoms with Gasteiger partial charge in [-0.3, -0.25) is 4.68 Å². The smallest absolute Gasteiger partial charge is 0.229 e. The molecular weight excluding hydrogens is 337 g/mol. The monoisotopic (exact) mass is 357 g/mol. The number of rotatable bonds is 7. The number of nitrogens with zero attached hydrogens (tertiary/aromatic N) is 4. The van der Waals surface area contributed by atoms with E-state index in [9.17, 15) is 4.39 Å². The molecule has 0 aliphatic heterocycles. The fourth-order valence-corrected chi connectivity index (χ4v) is 2.39. The van der Waals surface area contributed by atoms with Gasteiger partial charge in [-0.2, -0.15) is 10.1 Å². The van der Waals surface area contributed by atoms with Gasteiger partial charge in [-0.25, -0.2) is 9.37 Å².